The van der Waals surface area contributed by atoms with Crippen molar-refractivity contribution < 1.29 is 13.5 Å². The number of hydrogen-bond acceptors (Lipinski definition) is 5. The number of halogens is 2. The molecular weight excluding hydrogens is 326 g/mol. The van der Waals surface area contributed by atoms with Gasteiger partial charge in [-0.25, -0.2) is 13.8 Å². The molecule has 0 amide bonds. The van der Waals surface area contributed by atoms with E-state index in [1.54, 1.807) is 18.6 Å². The van der Waals surface area contributed by atoms with Gasteiger partial charge in [-0.2, -0.15) is 0 Å². The molecule has 134 valence electrons. The molecule has 2 aromatic rings. The second kappa shape index (κ2) is 7.84. The minimum absolute atomic E-state index is 0.00222. The molecule has 1 saturated heterocycles. The van der Waals surface area contributed by atoms with Crippen LogP contribution in [0, 0.1) is 11.6 Å². The lowest BCUT2D eigenvalue weighted by Crippen LogP contribution is -2.48. The molecule has 2 heterocycles. The van der Waals surface area contributed by atoms with Crippen LogP contribution in [0.4, 0.5) is 14.6 Å². The maximum absolute atomic E-state index is 14.4. The Kier molecular flexibility index (Phi) is 5.55. The van der Waals surface area contributed by atoms with Gasteiger partial charge in [-0.3, -0.25) is 9.88 Å². The van der Waals surface area contributed by atoms with Crippen LogP contribution < -0.4 is 5.32 Å². The fraction of sp³-hybridized carbons (Fsp3) is 0.444. The van der Waals surface area contributed by atoms with Crippen molar-refractivity contribution in [2.45, 2.75) is 32.1 Å². The summed E-state index contributed by atoms with van der Waals surface area (Å²) >= 11 is 0. The summed E-state index contributed by atoms with van der Waals surface area (Å²) in [6, 6.07) is 3.49. The number of hydrogen-bond donors (Lipinski definition) is 1. The van der Waals surface area contributed by atoms with Crippen LogP contribution in [0.25, 0.3) is 0 Å². The second-order valence-corrected chi connectivity index (χ2v) is 6.33. The van der Waals surface area contributed by atoms with E-state index in [1.165, 1.54) is 18.2 Å². The molecule has 3 rings (SSSR count). The number of anilines is 1. The van der Waals surface area contributed by atoms with Gasteiger partial charge in [0.25, 0.3) is 0 Å². The highest BCUT2D eigenvalue weighted by Gasteiger charge is 2.32. The Labute approximate surface area is 146 Å². The Bertz CT molecular complexity index is 670. The molecule has 0 radical (unpaired) electrons. The Balaban J connectivity index is 1.88. The van der Waals surface area contributed by atoms with Gasteiger partial charge in [-0.15, -0.1) is 0 Å². The van der Waals surface area contributed by atoms with Crippen LogP contribution >= 0.6 is 0 Å². The molecule has 3 atom stereocenters. The summed E-state index contributed by atoms with van der Waals surface area (Å²) in [6.07, 6.45) is 4.72. The number of aromatic nitrogens is 2. The molecule has 1 N–H and O–H groups in total. The van der Waals surface area contributed by atoms with Gasteiger partial charge in [-0.05, 0) is 26.0 Å². The lowest BCUT2D eigenvalue weighted by molar-refractivity contribution is -0.0801. The van der Waals surface area contributed by atoms with Gasteiger partial charge in [0.2, 0.25) is 0 Å². The van der Waals surface area contributed by atoms with Gasteiger partial charge in [0, 0.05) is 37.6 Å². The minimum atomic E-state index is -0.544. The molecule has 25 heavy (non-hydrogen) atoms. The second-order valence-electron chi connectivity index (χ2n) is 6.33. The highest BCUT2D eigenvalue weighted by molar-refractivity contribution is 5.32. The van der Waals surface area contributed by atoms with Gasteiger partial charge in [-0.1, -0.05) is 6.07 Å². The first-order valence-corrected chi connectivity index (χ1v) is 8.38. The lowest BCUT2D eigenvalue weighted by atomic mass is 10.0. The highest BCUT2D eigenvalue weighted by Crippen LogP contribution is 2.29. The smallest absolute Gasteiger partial charge is 0.144 e. The lowest BCUT2D eigenvalue weighted by Gasteiger charge is -2.40. The number of morpholine rings is 1. The molecule has 1 aliphatic heterocycles. The highest BCUT2D eigenvalue weighted by atomic mass is 19.1. The van der Waals surface area contributed by atoms with E-state index in [0.717, 1.165) is 0 Å². The first-order chi connectivity index (χ1) is 12.0. The van der Waals surface area contributed by atoms with Crippen LogP contribution in [0.3, 0.4) is 0 Å². The zero-order valence-electron chi connectivity index (χ0n) is 14.3. The van der Waals surface area contributed by atoms with Crippen molar-refractivity contribution in [1.82, 2.24) is 14.9 Å². The summed E-state index contributed by atoms with van der Waals surface area (Å²) in [5, 5.41) is 3.14. The van der Waals surface area contributed by atoms with E-state index < -0.39 is 17.7 Å². The molecule has 1 aromatic carbocycles. The summed E-state index contributed by atoms with van der Waals surface area (Å²) in [6.45, 7) is 5.45. The molecule has 0 bridgehead atoms. The fourth-order valence-corrected chi connectivity index (χ4v) is 3.31. The maximum atomic E-state index is 14.4. The normalized spacial score (nSPS) is 22.6. The van der Waals surface area contributed by atoms with Crippen molar-refractivity contribution in [3.05, 3.63) is 54.0 Å². The van der Waals surface area contributed by atoms with E-state index in [1.807, 2.05) is 13.8 Å². The third-order valence-electron chi connectivity index (χ3n) is 4.26. The molecular formula is C18H22F2N4O. The van der Waals surface area contributed by atoms with Gasteiger partial charge in [0.15, 0.2) is 0 Å². The van der Waals surface area contributed by atoms with Crippen LogP contribution in [0.5, 0.6) is 0 Å². The first kappa shape index (κ1) is 17.7. The Morgan fingerprint density at radius 3 is 2.48 bits per heavy atom. The SMILES string of the molecule is CC1CN(C(CNc2cnccn2)c2c(F)cccc2F)CC(C)O1. The molecule has 1 fully saturated rings. The van der Waals surface area contributed by atoms with Gasteiger partial charge in [0.1, 0.15) is 17.5 Å². The summed E-state index contributed by atoms with van der Waals surface area (Å²) in [4.78, 5) is 10.2. The number of nitrogens with one attached hydrogen (secondary N) is 1. The molecule has 7 heteroatoms. The first-order valence-electron chi connectivity index (χ1n) is 8.38. The predicted octanol–water partition coefficient (Wildman–Crippen LogP) is 3.02. The summed E-state index contributed by atoms with van der Waals surface area (Å²) in [5.74, 6) is -0.519. The third kappa shape index (κ3) is 4.29. The van der Waals surface area contributed by atoms with Crippen molar-refractivity contribution in [1.29, 1.82) is 0 Å². The molecule has 3 unspecified atom stereocenters. The number of rotatable bonds is 5. The van der Waals surface area contributed by atoms with Crippen LogP contribution in [-0.2, 0) is 4.74 Å². The number of nitrogens with zero attached hydrogens (tertiary/aromatic N) is 3. The van der Waals surface area contributed by atoms with Crippen molar-refractivity contribution in [3.8, 4) is 0 Å². The van der Waals surface area contributed by atoms with E-state index in [-0.39, 0.29) is 17.8 Å². The average Bonchev–Trinajstić information content (AvgIpc) is 2.57. The molecule has 0 aliphatic carbocycles. The average molecular weight is 348 g/mol. The van der Waals surface area contributed by atoms with Crippen LogP contribution in [0.2, 0.25) is 0 Å². The Morgan fingerprint density at radius 1 is 1.20 bits per heavy atom. The van der Waals surface area contributed by atoms with Crippen LogP contribution in [-0.4, -0.2) is 46.7 Å². The molecule has 1 aromatic heterocycles. The summed E-state index contributed by atoms with van der Waals surface area (Å²) in [7, 11) is 0. The van der Waals surface area contributed by atoms with E-state index in [2.05, 4.69) is 20.2 Å². The fourth-order valence-electron chi connectivity index (χ4n) is 3.31. The van der Waals surface area contributed by atoms with E-state index in [4.69, 9.17) is 4.74 Å². The quantitative estimate of drug-likeness (QED) is 0.900. The Hall–Kier alpha value is -2.12. The number of ether oxygens (including phenoxy) is 1. The van der Waals surface area contributed by atoms with Gasteiger partial charge >= 0.3 is 0 Å². The zero-order chi connectivity index (χ0) is 17.8. The minimum Gasteiger partial charge on any atom is -0.373 e. The standard InChI is InChI=1S/C18H22F2N4O/c1-12-10-24(11-13(2)25-12)16(8-23-17-9-21-6-7-22-17)18-14(19)4-3-5-15(18)20/h3-7,9,12-13,16H,8,10-11H2,1-2H3,(H,22,23). The molecule has 1 aliphatic rings. The van der Waals surface area contributed by atoms with Gasteiger partial charge < -0.3 is 10.1 Å². The summed E-state index contributed by atoms with van der Waals surface area (Å²) in [5.41, 5.74) is 0.0696. The topological polar surface area (TPSA) is 50.3 Å². The van der Waals surface area contributed by atoms with E-state index in [9.17, 15) is 8.78 Å². The van der Waals surface area contributed by atoms with Crippen molar-refractivity contribution in [2.24, 2.45) is 0 Å². The van der Waals surface area contributed by atoms with Gasteiger partial charge in [0.05, 0.1) is 24.4 Å². The van der Waals surface area contributed by atoms with Crippen molar-refractivity contribution in [2.75, 3.05) is 25.0 Å². The molecule has 0 spiro atoms. The summed E-state index contributed by atoms with van der Waals surface area (Å²) < 4.78 is 34.6. The molecule has 0 saturated carbocycles. The van der Waals surface area contributed by atoms with Crippen molar-refractivity contribution in [3.63, 3.8) is 0 Å². The maximum Gasteiger partial charge on any atom is 0.144 e. The third-order valence-corrected chi connectivity index (χ3v) is 4.26. The van der Waals surface area contributed by atoms with E-state index in [0.29, 0.717) is 25.5 Å². The monoisotopic (exact) mass is 348 g/mol. The van der Waals surface area contributed by atoms with Crippen molar-refractivity contribution >= 4 is 5.82 Å². The predicted molar refractivity (Wildman–Crippen MR) is 91.2 cm³/mol. The number of benzene rings is 1. The van der Waals surface area contributed by atoms with E-state index >= 15 is 0 Å². The Morgan fingerprint density at radius 2 is 1.88 bits per heavy atom. The zero-order valence-corrected chi connectivity index (χ0v) is 14.3. The van der Waals surface area contributed by atoms with Crippen LogP contribution in [0.1, 0.15) is 25.5 Å². The molecule has 5 nitrogen and oxygen atoms in total. The largest absolute Gasteiger partial charge is 0.373 e. The van der Waals surface area contributed by atoms with Crippen LogP contribution in [0.15, 0.2) is 36.8 Å².